The number of furan rings is 1. The topological polar surface area (TPSA) is 87.9 Å². The lowest BCUT2D eigenvalue weighted by atomic mass is 9.90. The van der Waals surface area contributed by atoms with Gasteiger partial charge in [-0.25, -0.2) is 0 Å². The van der Waals surface area contributed by atoms with Crippen LogP contribution in [0.4, 0.5) is 11.4 Å². The molecule has 0 saturated carbocycles. The van der Waals surface area contributed by atoms with Crippen molar-refractivity contribution in [1.29, 1.82) is 0 Å². The minimum atomic E-state index is -1.13. The van der Waals surface area contributed by atoms with Gasteiger partial charge < -0.3 is 24.3 Å². The van der Waals surface area contributed by atoms with Gasteiger partial charge in [0.2, 0.25) is 11.8 Å². The maximum atomic E-state index is 13.1. The molecular weight excluding hydrogens is 539 g/mol. The van der Waals surface area contributed by atoms with Gasteiger partial charge in [-0.05, 0) is 82.6 Å². The molecule has 1 atom stereocenters. The third kappa shape index (κ3) is 7.12. The van der Waals surface area contributed by atoms with Crippen LogP contribution in [0.15, 0.2) is 59.3 Å². The number of ether oxygens (including phenoxy) is 1. The molecule has 2 amide bonds. The third-order valence-electron chi connectivity index (χ3n) is 6.82. The molecule has 10 heteroatoms. The van der Waals surface area contributed by atoms with Crippen LogP contribution in [0.1, 0.15) is 50.3 Å². The molecule has 1 aromatic carbocycles. The summed E-state index contributed by atoms with van der Waals surface area (Å²) >= 11 is 0. The van der Waals surface area contributed by atoms with Crippen molar-refractivity contribution in [1.82, 2.24) is 10.3 Å². The molecule has 0 bridgehead atoms. The van der Waals surface area contributed by atoms with Gasteiger partial charge >= 0.3 is 0 Å². The Morgan fingerprint density at radius 2 is 1.74 bits per heavy atom. The molecule has 1 unspecified atom stereocenters. The van der Waals surface area contributed by atoms with Crippen molar-refractivity contribution in [2.45, 2.75) is 46.6 Å². The molecule has 4 rings (SSSR count). The second-order valence-corrected chi connectivity index (χ2v) is 9.89. The number of fused-ring (bicyclic) bond motifs is 1. The molecule has 212 valence electrons. The first-order valence-electron chi connectivity index (χ1n) is 12.8. The maximum Gasteiger partial charge on any atom is 0.242 e. The number of aromatic nitrogens is 1. The molecular formula is C29H38Cl2N4O4. The van der Waals surface area contributed by atoms with E-state index in [-0.39, 0.29) is 42.7 Å². The second kappa shape index (κ2) is 13.8. The molecule has 39 heavy (non-hydrogen) atoms. The first-order chi connectivity index (χ1) is 17.7. The first-order valence-corrected chi connectivity index (χ1v) is 12.8. The van der Waals surface area contributed by atoms with Gasteiger partial charge in [0.1, 0.15) is 22.7 Å². The second-order valence-electron chi connectivity index (χ2n) is 9.89. The van der Waals surface area contributed by atoms with Crippen LogP contribution < -0.4 is 19.9 Å². The highest BCUT2D eigenvalue weighted by molar-refractivity contribution is 6.20. The number of pyridine rings is 1. The molecule has 3 heterocycles. The zero-order chi connectivity index (χ0) is 26.6. The third-order valence-corrected chi connectivity index (χ3v) is 6.82. The average Bonchev–Trinajstić information content (AvgIpc) is 3.30. The van der Waals surface area contributed by atoms with Crippen LogP contribution in [0.3, 0.4) is 0 Å². The summed E-state index contributed by atoms with van der Waals surface area (Å²) in [6.07, 6.45) is 5.13. The van der Waals surface area contributed by atoms with Crippen molar-refractivity contribution in [3.63, 3.8) is 0 Å². The van der Waals surface area contributed by atoms with Gasteiger partial charge in [0.05, 0.1) is 18.0 Å². The zero-order valence-corrected chi connectivity index (χ0v) is 24.7. The van der Waals surface area contributed by atoms with E-state index in [1.165, 1.54) is 0 Å². The fourth-order valence-corrected chi connectivity index (χ4v) is 4.71. The minimum absolute atomic E-state index is 0. The maximum absolute atomic E-state index is 13.1. The number of anilines is 2. The van der Waals surface area contributed by atoms with E-state index in [2.05, 4.69) is 10.3 Å². The van der Waals surface area contributed by atoms with E-state index in [1.54, 1.807) is 43.1 Å². The van der Waals surface area contributed by atoms with Crippen LogP contribution in [-0.4, -0.2) is 43.5 Å². The number of hydrogen-bond donors (Lipinski definition) is 1. The number of rotatable bonds is 10. The van der Waals surface area contributed by atoms with E-state index in [1.807, 2.05) is 56.3 Å². The van der Waals surface area contributed by atoms with Gasteiger partial charge in [-0.2, -0.15) is 0 Å². The normalized spacial score (nSPS) is 15.1. The summed E-state index contributed by atoms with van der Waals surface area (Å²) in [5.74, 6) is 2.08. The Balaban J connectivity index is 0.00000267. The monoisotopic (exact) mass is 576 g/mol. The highest BCUT2D eigenvalue weighted by atomic mass is 35.5. The predicted molar refractivity (Wildman–Crippen MR) is 158 cm³/mol. The fraction of sp³-hybridized carbons (Fsp3) is 0.414. The van der Waals surface area contributed by atoms with Crippen molar-refractivity contribution in [3.8, 4) is 5.75 Å². The number of hydrogen-bond acceptors (Lipinski definition) is 6. The smallest absolute Gasteiger partial charge is 0.242 e. The number of halogens is 2. The van der Waals surface area contributed by atoms with E-state index in [0.717, 1.165) is 42.2 Å². The Kier molecular flexibility index (Phi) is 11.4. The van der Waals surface area contributed by atoms with E-state index >= 15 is 0 Å². The highest BCUT2D eigenvalue weighted by Crippen LogP contribution is 2.40. The molecule has 0 spiro atoms. The van der Waals surface area contributed by atoms with Crippen LogP contribution in [-0.2, 0) is 16.0 Å². The summed E-state index contributed by atoms with van der Waals surface area (Å²) < 4.78 is 11.8. The van der Waals surface area contributed by atoms with Crippen LogP contribution >= 0.6 is 24.8 Å². The molecule has 3 aromatic rings. The van der Waals surface area contributed by atoms with Crippen molar-refractivity contribution in [2.24, 2.45) is 5.41 Å². The fourth-order valence-electron chi connectivity index (χ4n) is 4.71. The lowest BCUT2D eigenvalue weighted by Gasteiger charge is -2.27. The number of carbonyl (C=O) groups excluding carboxylic acids is 2. The largest absolute Gasteiger partial charge is 0.493 e. The summed E-state index contributed by atoms with van der Waals surface area (Å²) in [7, 11) is 1.71. The van der Waals surface area contributed by atoms with E-state index in [4.69, 9.17) is 9.15 Å². The van der Waals surface area contributed by atoms with Gasteiger partial charge in [0.15, 0.2) is 0 Å². The van der Waals surface area contributed by atoms with E-state index in [9.17, 15) is 9.59 Å². The Labute approximate surface area is 242 Å². The van der Waals surface area contributed by atoms with Gasteiger partial charge in [-0.3, -0.25) is 14.6 Å². The highest BCUT2D eigenvalue weighted by Gasteiger charge is 2.45. The number of aryl methyl sites for hydroxylation is 1. The summed E-state index contributed by atoms with van der Waals surface area (Å²) in [4.78, 5) is 33.5. The van der Waals surface area contributed by atoms with Gasteiger partial charge in [0.25, 0.3) is 0 Å². The van der Waals surface area contributed by atoms with Crippen LogP contribution in [0.25, 0.3) is 0 Å². The van der Waals surface area contributed by atoms with Crippen LogP contribution in [0.2, 0.25) is 0 Å². The molecule has 0 aliphatic carbocycles. The number of benzene rings is 1. The Morgan fingerprint density at radius 1 is 1.03 bits per heavy atom. The Hall–Kier alpha value is -3.07. The van der Waals surface area contributed by atoms with Crippen molar-refractivity contribution in [2.75, 3.05) is 36.5 Å². The molecule has 1 aliphatic heterocycles. The van der Waals surface area contributed by atoms with Gasteiger partial charge in [-0.15, -0.1) is 24.8 Å². The molecule has 0 saturated heterocycles. The summed E-state index contributed by atoms with van der Waals surface area (Å²) in [6.45, 7) is 8.97. The zero-order valence-electron chi connectivity index (χ0n) is 23.1. The first kappa shape index (κ1) is 32.1. The molecule has 0 radical (unpaired) electrons. The van der Waals surface area contributed by atoms with Crippen molar-refractivity contribution in [3.05, 3.63) is 71.9 Å². The Morgan fingerprint density at radius 3 is 2.38 bits per heavy atom. The molecule has 8 nitrogen and oxygen atoms in total. The molecule has 1 aliphatic rings. The van der Waals surface area contributed by atoms with Crippen molar-refractivity contribution >= 4 is 48.0 Å². The summed E-state index contributed by atoms with van der Waals surface area (Å²) in [6, 6.07) is 13.7. The SMILES string of the molecule is CCN1C(=O)C(C)(C)C(=O)N(C)c2cc(OCCCNC(Cc3ccc(C)o3)c3ccncc3)ccc21.Cl.Cl. The summed E-state index contributed by atoms with van der Waals surface area (Å²) in [5, 5.41) is 3.61. The molecule has 1 N–H and O–H groups in total. The lowest BCUT2D eigenvalue weighted by Crippen LogP contribution is -2.47. The number of amides is 2. The number of nitrogens with one attached hydrogen (secondary N) is 1. The summed E-state index contributed by atoms with van der Waals surface area (Å²) in [5.41, 5.74) is 1.42. The molecule has 0 fully saturated rings. The number of nitrogens with zero attached hydrogens (tertiary/aromatic N) is 3. The van der Waals surface area contributed by atoms with Gasteiger partial charge in [-0.1, -0.05) is 0 Å². The van der Waals surface area contributed by atoms with Crippen LogP contribution in [0.5, 0.6) is 5.75 Å². The van der Waals surface area contributed by atoms with Crippen molar-refractivity contribution < 1.29 is 18.7 Å². The quantitative estimate of drug-likeness (QED) is 0.252. The Bertz CT molecular complexity index is 1250. The molecule has 2 aromatic heterocycles. The van der Waals surface area contributed by atoms with E-state index < -0.39 is 5.41 Å². The van der Waals surface area contributed by atoms with Gasteiger partial charge in [0, 0.05) is 44.5 Å². The average molecular weight is 578 g/mol. The minimum Gasteiger partial charge on any atom is -0.493 e. The standard InChI is InChI=1S/C29H36N4O4.2ClH/c1-6-33-25-11-10-22(19-26(25)32(5)27(34)29(3,4)28(33)35)36-17-7-14-31-24(21-12-15-30-16-13-21)18-23-9-8-20(2)37-23;;/h8-13,15-16,19,24,31H,6-7,14,17-18H2,1-5H3;2*1H. The lowest BCUT2D eigenvalue weighted by molar-refractivity contribution is -0.137. The number of carbonyl (C=O) groups is 2. The van der Waals surface area contributed by atoms with E-state index in [0.29, 0.717) is 24.6 Å². The predicted octanol–water partition coefficient (Wildman–Crippen LogP) is 5.52. The van der Waals surface area contributed by atoms with Crippen LogP contribution in [0, 0.1) is 12.3 Å².